The Morgan fingerprint density at radius 2 is 2.05 bits per heavy atom. The molecule has 0 amide bonds. The number of hydrogen-bond acceptors (Lipinski definition) is 3. The first-order valence-corrected chi connectivity index (χ1v) is 7.92. The molecule has 0 radical (unpaired) electrons. The molecule has 1 aliphatic heterocycles. The summed E-state index contributed by atoms with van der Waals surface area (Å²) in [5, 5.41) is 3.28. The normalized spacial score (nSPS) is 15.6. The summed E-state index contributed by atoms with van der Waals surface area (Å²) in [5.41, 5.74) is 3.08. The lowest BCUT2D eigenvalue weighted by molar-refractivity contribution is 0.414. The van der Waals surface area contributed by atoms with Gasteiger partial charge in [-0.1, -0.05) is 6.07 Å². The largest absolute Gasteiger partial charge is 0.312 e. The second-order valence-corrected chi connectivity index (χ2v) is 6.86. The van der Waals surface area contributed by atoms with E-state index in [1.54, 1.807) is 7.05 Å². The van der Waals surface area contributed by atoms with Gasteiger partial charge in [-0.25, -0.2) is 0 Å². The van der Waals surface area contributed by atoms with Crippen LogP contribution in [0.5, 0.6) is 0 Å². The first-order chi connectivity index (χ1) is 8.90. The van der Waals surface area contributed by atoms with Crippen LogP contribution in [0.1, 0.15) is 25.0 Å². The summed E-state index contributed by atoms with van der Waals surface area (Å²) < 4.78 is 28.2. The molecule has 0 bridgehead atoms. The highest BCUT2D eigenvalue weighted by Gasteiger charge is 2.20. The third-order valence-corrected chi connectivity index (χ3v) is 5.12. The molecule has 0 unspecified atom stereocenters. The molecule has 6 heteroatoms. The van der Waals surface area contributed by atoms with E-state index in [0.717, 1.165) is 19.5 Å². The third-order valence-electron chi connectivity index (χ3n) is 3.45. The van der Waals surface area contributed by atoms with Gasteiger partial charge < -0.3 is 5.32 Å². The second-order valence-electron chi connectivity index (χ2n) is 5.13. The van der Waals surface area contributed by atoms with Gasteiger partial charge in [0, 0.05) is 19.6 Å². The van der Waals surface area contributed by atoms with Crippen LogP contribution in [-0.2, 0) is 23.2 Å². The zero-order valence-electron chi connectivity index (χ0n) is 11.6. The quantitative estimate of drug-likeness (QED) is 0.876. The van der Waals surface area contributed by atoms with Gasteiger partial charge in [-0.3, -0.25) is 4.72 Å². The third kappa shape index (κ3) is 3.26. The van der Waals surface area contributed by atoms with E-state index in [4.69, 9.17) is 0 Å². The molecule has 0 aromatic heterocycles. The second kappa shape index (κ2) is 5.48. The van der Waals surface area contributed by atoms with E-state index in [2.05, 4.69) is 10.0 Å². The molecule has 19 heavy (non-hydrogen) atoms. The Labute approximate surface area is 115 Å². The maximum absolute atomic E-state index is 12.1. The van der Waals surface area contributed by atoms with Crippen LogP contribution in [0, 0.1) is 0 Å². The number of fused-ring (bicyclic) bond motifs is 1. The van der Waals surface area contributed by atoms with E-state index in [1.807, 2.05) is 32.0 Å². The molecule has 0 saturated heterocycles. The summed E-state index contributed by atoms with van der Waals surface area (Å²) in [7, 11) is -1.90. The predicted octanol–water partition coefficient (Wildman–Crippen LogP) is 1.33. The summed E-state index contributed by atoms with van der Waals surface area (Å²) in [6, 6.07) is 5.67. The van der Waals surface area contributed by atoms with Gasteiger partial charge in [0.15, 0.2) is 0 Å². The summed E-state index contributed by atoms with van der Waals surface area (Å²) in [6.07, 6.45) is 0.994. The van der Waals surface area contributed by atoms with Gasteiger partial charge in [-0.05, 0) is 50.1 Å². The average Bonchev–Trinajstić information content (AvgIpc) is 2.37. The first-order valence-electron chi connectivity index (χ1n) is 6.48. The van der Waals surface area contributed by atoms with E-state index >= 15 is 0 Å². The Hall–Kier alpha value is -1.11. The standard InChI is InChI=1S/C13H21N3O2S/c1-10(2)16(3)19(17,18)15-13-5-4-11-6-7-14-9-12(11)8-13/h4-5,8,10,14-15H,6-7,9H2,1-3H3. The molecular weight excluding hydrogens is 262 g/mol. The van der Waals surface area contributed by atoms with Gasteiger partial charge >= 0.3 is 10.2 Å². The maximum atomic E-state index is 12.1. The van der Waals surface area contributed by atoms with E-state index in [0.29, 0.717) is 5.69 Å². The molecule has 0 spiro atoms. The summed E-state index contributed by atoms with van der Waals surface area (Å²) in [4.78, 5) is 0. The van der Waals surface area contributed by atoms with E-state index in [-0.39, 0.29) is 6.04 Å². The topological polar surface area (TPSA) is 61.4 Å². The fourth-order valence-corrected chi connectivity index (χ4v) is 3.17. The Morgan fingerprint density at radius 3 is 2.74 bits per heavy atom. The van der Waals surface area contributed by atoms with Crippen LogP contribution in [0.25, 0.3) is 0 Å². The maximum Gasteiger partial charge on any atom is 0.301 e. The highest BCUT2D eigenvalue weighted by Crippen LogP contribution is 2.20. The first kappa shape index (κ1) is 14.3. The van der Waals surface area contributed by atoms with Gasteiger partial charge in [0.05, 0.1) is 5.69 Å². The highest BCUT2D eigenvalue weighted by molar-refractivity contribution is 7.90. The molecule has 106 valence electrons. The Balaban J connectivity index is 2.20. The SMILES string of the molecule is CC(C)N(C)S(=O)(=O)Nc1ccc2c(c1)CNCC2. The molecule has 1 aromatic rings. The van der Waals surface area contributed by atoms with Gasteiger partial charge in [-0.2, -0.15) is 12.7 Å². The number of benzene rings is 1. The summed E-state index contributed by atoms with van der Waals surface area (Å²) >= 11 is 0. The number of rotatable bonds is 4. The van der Waals surface area contributed by atoms with Gasteiger partial charge in [0.25, 0.3) is 0 Å². The van der Waals surface area contributed by atoms with E-state index in [1.165, 1.54) is 15.4 Å². The van der Waals surface area contributed by atoms with E-state index in [9.17, 15) is 8.42 Å². The summed E-state index contributed by atoms with van der Waals surface area (Å²) in [6.45, 7) is 5.46. The fourth-order valence-electron chi connectivity index (χ4n) is 2.04. The van der Waals surface area contributed by atoms with Crippen LogP contribution in [0.4, 0.5) is 5.69 Å². The Kier molecular flexibility index (Phi) is 4.13. The highest BCUT2D eigenvalue weighted by atomic mass is 32.2. The summed E-state index contributed by atoms with van der Waals surface area (Å²) in [5.74, 6) is 0. The zero-order valence-corrected chi connectivity index (χ0v) is 12.4. The van der Waals surface area contributed by atoms with Crippen LogP contribution >= 0.6 is 0 Å². The molecule has 0 aliphatic carbocycles. The van der Waals surface area contributed by atoms with Gasteiger partial charge in [0.1, 0.15) is 0 Å². The lowest BCUT2D eigenvalue weighted by atomic mass is 10.0. The van der Waals surface area contributed by atoms with Gasteiger partial charge in [0.2, 0.25) is 0 Å². The van der Waals surface area contributed by atoms with Crippen LogP contribution in [0.3, 0.4) is 0 Å². The molecule has 2 N–H and O–H groups in total. The minimum absolute atomic E-state index is 0.0724. The lowest BCUT2D eigenvalue weighted by Gasteiger charge is -2.23. The van der Waals surface area contributed by atoms with Crippen molar-refractivity contribution in [2.24, 2.45) is 0 Å². The van der Waals surface area contributed by atoms with Crippen molar-refractivity contribution in [2.45, 2.75) is 32.9 Å². The monoisotopic (exact) mass is 283 g/mol. The van der Waals surface area contributed by atoms with Crippen molar-refractivity contribution < 1.29 is 8.42 Å². The van der Waals surface area contributed by atoms with Crippen molar-refractivity contribution in [1.29, 1.82) is 0 Å². The van der Waals surface area contributed by atoms with Crippen molar-refractivity contribution >= 4 is 15.9 Å². The smallest absolute Gasteiger partial charge is 0.301 e. The molecule has 0 fully saturated rings. The minimum Gasteiger partial charge on any atom is -0.312 e. The van der Waals surface area contributed by atoms with Crippen molar-refractivity contribution in [2.75, 3.05) is 18.3 Å². The van der Waals surface area contributed by atoms with Crippen molar-refractivity contribution in [3.63, 3.8) is 0 Å². The number of anilines is 1. The van der Waals surface area contributed by atoms with Gasteiger partial charge in [-0.15, -0.1) is 0 Å². The van der Waals surface area contributed by atoms with Crippen molar-refractivity contribution in [3.8, 4) is 0 Å². The fraction of sp³-hybridized carbons (Fsp3) is 0.538. The molecule has 5 nitrogen and oxygen atoms in total. The van der Waals surface area contributed by atoms with Crippen molar-refractivity contribution in [3.05, 3.63) is 29.3 Å². The predicted molar refractivity (Wildman–Crippen MR) is 77.3 cm³/mol. The van der Waals surface area contributed by atoms with Crippen LogP contribution in [-0.4, -0.2) is 32.4 Å². The Bertz CT molecular complexity index is 555. The molecule has 2 rings (SSSR count). The number of nitrogens with zero attached hydrogens (tertiary/aromatic N) is 1. The van der Waals surface area contributed by atoms with Crippen molar-refractivity contribution in [1.82, 2.24) is 9.62 Å². The molecule has 1 aliphatic rings. The van der Waals surface area contributed by atoms with Crippen LogP contribution < -0.4 is 10.0 Å². The average molecular weight is 283 g/mol. The Morgan fingerprint density at radius 1 is 1.32 bits per heavy atom. The van der Waals surface area contributed by atoms with Crippen LogP contribution in [0.15, 0.2) is 18.2 Å². The molecule has 1 aromatic carbocycles. The van der Waals surface area contributed by atoms with E-state index < -0.39 is 10.2 Å². The molecule has 0 atom stereocenters. The zero-order chi connectivity index (χ0) is 14.0. The number of nitrogens with one attached hydrogen (secondary N) is 2. The lowest BCUT2D eigenvalue weighted by Crippen LogP contribution is -2.37. The minimum atomic E-state index is -3.48. The number of hydrogen-bond donors (Lipinski definition) is 2. The molecule has 0 saturated carbocycles. The molecular formula is C13H21N3O2S. The molecule has 1 heterocycles. The van der Waals surface area contributed by atoms with Crippen LogP contribution in [0.2, 0.25) is 0 Å².